The molecular weight excluding hydrogens is 468 g/mol. The molecule has 4 N–H and O–H groups in total. The van der Waals surface area contributed by atoms with E-state index in [0.717, 1.165) is 30.2 Å². The number of halogens is 2. The van der Waals surface area contributed by atoms with E-state index in [-0.39, 0.29) is 28.9 Å². The van der Waals surface area contributed by atoms with Gasteiger partial charge in [0.2, 0.25) is 11.9 Å². The maximum Gasteiger partial charge on any atom is 0.226 e. The number of hydroxylamine groups is 2. The molecule has 2 aromatic rings. The molecule has 1 aliphatic rings. The van der Waals surface area contributed by atoms with Crippen LogP contribution in [-0.4, -0.2) is 35.8 Å². The molecule has 0 saturated heterocycles. The van der Waals surface area contributed by atoms with Gasteiger partial charge in [0.15, 0.2) is 5.66 Å². The molecule has 1 aliphatic heterocycles. The van der Waals surface area contributed by atoms with Crippen LogP contribution in [0.25, 0.3) is 0 Å². The second-order valence-corrected chi connectivity index (χ2v) is 7.74. The van der Waals surface area contributed by atoms with Crippen molar-refractivity contribution >= 4 is 46.2 Å². The van der Waals surface area contributed by atoms with Gasteiger partial charge in [0.1, 0.15) is 0 Å². The minimum Gasteiger partial charge on any atom is -0.368 e. The van der Waals surface area contributed by atoms with Gasteiger partial charge in [-0.25, -0.2) is 4.99 Å². The molecule has 0 aromatic heterocycles. The molecule has 0 bridgehead atoms. The molecule has 0 spiro atoms. The summed E-state index contributed by atoms with van der Waals surface area (Å²) in [7, 11) is 0. The average molecular weight is 496 g/mol. The van der Waals surface area contributed by atoms with Crippen LogP contribution in [0.3, 0.4) is 0 Å². The molecule has 0 unspecified atom stereocenters. The minimum atomic E-state index is -0.699. The maximum absolute atomic E-state index is 6.05. The summed E-state index contributed by atoms with van der Waals surface area (Å²) < 4.78 is 0. The van der Waals surface area contributed by atoms with Crippen molar-refractivity contribution in [3.05, 3.63) is 65.2 Å². The lowest BCUT2D eigenvalue weighted by molar-refractivity contribution is -0.157. The second kappa shape index (κ2) is 10.7. The van der Waals surface area contributed by atoms with Gasteiger partial charge in [0.05, 0.1) is 6.61 Å². The molecule has 0 radical (unpaired) electrons. The van der Waals surface area contributed by atoms with Crippen LogP contribution in [-0.2, 0) is 11.4 Å². The Morgan fingerprint density at radius 1 is 1.07 bits per heavy atom. The summed E-state index contributed by atoms with van der Waals surface area (Å²) >= 11 is 6.05. The Kier molecular flexibility index (Phi) is 8.52. The Balaban J connectivity index is 0.00000320. The van der Waals surface area contributed by atoms with Crippen molar-refractivity contribution in [1.82, 2.24) is 5.06 Å². The van der Waals surface area contributed by atoms with Gasteiger partial charge in [0, 0.05) is 23.8 Å². The van der Waals surface area contributed by atoms with Crippen LogP contribution in [0.5, 0.6) is 0 Å². The van der Waals surface area contributed by atoms with Gasteiger partial charge >= 0.3 is 0 Å². The third-order valence-corrected chi connectivity index (χ3v) is 4.78. The molecule has 2 aromatic carbocycles. The molecule has 0 amide bonds. The molecule has 9 heteroatoms. The second-order valence-electron chi connectivity index (χ2n) is 7.30. The summed E-state index contributed by atoms with van der Waals surface area (Å²) in [5.41, 5.74) is 13.3. The molecular formula is C21H28BrClN6O. The first kappa shape index (κ1) is 24.0. The number of hydrogen-bond donors (Lipinski definition) is 2. The fraction of sp³-hybridized carbons (Fsp3) is 0.333. The van der Waals surface area contributed by atoms with Crippen molar-refractivity contribution in [2.75, 3.05) is 18.1 Å². The first-order valence-corrected chi connectivity index (χ1v) is 9.90. The molecule has 7 nitrogen and oxygen atoms in total. The van der Waals surface area contributed by atoms with E-state index in [2.05, 4.69) is 27.0 Å². The fourth-order valence-corrected chi connectivity index (χ4v) is 3.31. The van der Waals surface area contributed by atoms with E-state index >= 15 is 0 Å². The number of nitrogens with two attached hydrogens (primary N) is 2. The molecule has 1 heterocycles. The Bertz CT molecular complexity index is 873. The van der Waals surface area contributed by atoms with Crippen LogP contribution >= 0.6 is 28.6 Å². The van der Waals surface area contributed by atoms with Crippen LogP contribution < -0.4 is 16.4 Å². The minimum absolute atomic E-state index is 0. The number of anilines is 1. The Hall–Kier alpha value is -2.29. The monoisotopic (exact) mass is 494 g/mol. The zero-order valence-corrected chi connectivity index (χ0v) is 19.6. The SMILES string of the molecule is Br.CC1(C)N=C(N)N=C(N)N1OCCCN(Cc1ccccc1)c1ccc(Cl)cc1. The normalized spacial score (nSPS) is 15.1. The third kappa shape index (κ3) is 6.35. The van der Waals surface area contributed by atoms with Gasteiger partial charge in [-0.05, 0) is 50.1 Å². The van der Waals surface area contributed by atoms with E-state index in [1.54, 1.807) is 0 Å². The predicted octanol–water partition coefficient (Wildman–Crippen LogP) is 3.93. The van der Waals surface area contributed by atoms with Gasteiger partial charge in [0.25, 0.3) is 0 Å². The van der Waals surface area contributed by atoms with Gasteiger partial charge in [-0.1, -0.05) is 41.9 Å². The van der Waals surface area contributed by atoms with Crippen molar-refractivity contribution < 1.29 is 4.84 Å². The van der Waals surface area contributed by atoms with Crippen molar-refractivity contribution in [2.45, 2.75) is 32.5 Å². The quantitative estimate of drug-likeness (QED) is 0.541. The van der Waals surface area contributed by atoms with Gasteiger partial charge < -0.3 is 16.4 Å². The lowest BCUT2D eigenvalue weighted by atomic mass is 10.2. The van der Waals surface area contributed by atoms with Crippen LogP contribution in [0.1, 0.15) is 25.8 Å². The highest BCUT2D eigenvalue weighted by molar-refractivity contribution is 8.93. The highest BCUT2D eigenvalue weighted by atomic mass is 79.9. The van der Waals surface area contributed by atoms with E-state index in [1.165, 1.54) is 10.6 Å². The summed E-state index contributed by atoms with van der Waals surface area (Å²) in [4.78, 5) is 16.4. The predicted molar refractivity (Wildman–Crippen MR) is 129 cm³/mol. The molecule has 0 aliphatic carbocycles. The third-order valence-electron chi connectivity index (χ3n) is 4.52. The van der Waals surface area contributed by atoms with E-state index in [1.807, 2.05) is 56.3 Å². The van der Waals surface area contributed by atoms with Gasteiger partial charge in [-0.2, -0.15) is 10.1 Å². The van der Waals surface area contributed by atoms with Crippen LogP contribution in [0, 0.1) is 0 Å². The first-order chi connectivity index (χ1) is 13.8. The van der Waals surface area contributed by atoms with E-state index in [0.29, 0.717) is 6.61 Å². The largest absolute Gasteiger partial charge is 0.368 e. The zero-order valence-electron chi connectivity index (χ0n) is 17.2. The topological polar surface area (TPSA) is 92.5 Å². The van der Waals surface area contributed by atoms with Crippen LogP contribution in [0.15, 0.2) is 64.6 Å². The van der Waals surface area contributed by atoms with Crippen molar-refractivity contribution in [3.63, 3.8) is 0 Å². The average Bonchev–Trinajstić information content (AvgIpc) is 2.66. The Labute approximate surface area is 193 Å². The highest BCUT2D eigenvalue weighted by Crippen LogP contribution is 2.22. The van der Waals surface area contributed by atoms with E-state index in [4.69, 9.17) is 27.9 Å². The molecule has 3 rings (SSSR count). The Morgan fingerprint density at radius 2 is 1.73 bits per heavy atom. The number of nitrogens with zero attached hydrogens (tertiary/aromatic N) is 4. The molecule has 0 saturated carbocycles. The smallest absolute Gasteiger partial charge is 0.226 e. The molecule has 162 valence electrons. The number of benzene rings is 2. The van der Waals surface area contributed by atoms with Crippen LogP contribution in [0.4, 0.5) is 5.69 Å². The van der Waals surface area contributed by atoms with Crippen LogP contribution in [0.2, 0.25) is 5.02 Å². The summed E-state index contributed by atoms with van der Waals surface area (Å²) in [6.07, 6.45) is 0.786. The lowest BCUT2D eigenvalue weighted by Gasteiger charge is -2.37. The van der Waals surface area contributed by atoms with Gasteiger partial charge in [-0.15, -0.1) is 17.0 Å². The highest BCUT2D eigenvalue weighted by Gasteiger charge is 2.32. The van der Waals surface area contributed by atoms with Crippen molar-refractivity contribution in [3.8, 4) is 0 Å². The zero-order chi connectivity index (χ0) is 20.9. The number of rotatable bonds is 8. The van der Waals surface area contributed by atoms with E-state index in [9.17, 15) is 0 Å². The first-order valence-electron chi connectivity index (χ1n) is 9.52. The summed E-state index contributed by atoms with van der Waals surface area (Å²) in [6, 6.07) is 18.2. The number of aliphatic imine (C=N–C) groups is 2. The summed E-state index contributed by atoms with van der Waals surface area (Å²) in [5.74, 6) is 0.366. The molecule has 30 heavy (non-hydrogen) atoms. The van der Waals surface area contributed by atoms with Crippen molar-refractivity contribution in [2.24, 2.45) is 21.5 Å². The summed E-state index contributed by atoms with van der Waals surface area (Å²) in [6.45, 7) is 5.80. The number of hydrogen-bond acceptors (Lipinski definition) is 7. The molecule has 0 fully saturated rings. The van der Waals surface area contributed by atoms with Crippen molar-refractivity contribution in [1.29, 1.82) is 0 Å². The standard InChI is InChI=1S/C21H27ClN6O.BrH/c1-21(2)26-19(23)25-20(24)28(21)29-14-6-13-27(15-16-7-4-3-5-8-16)18-11-9-17(22)10-12-18;/h3-5,7-12H,6,13-15H2,1-2H3,(H4,23,24,25,26);1H. The lowest BCUT2D eigenvalue weighted by Crippen LogP contribution is -2.53. The fourth-order valence-electron chi connectivity index (χ4n) is 3.18. The van der Waals surface area contributed by atoms with Gasteiger partial charge in [-0.3, -0.25) is 4.84 Å². The Morgan fingerprint density at radius 3 is 2.37 bits per heavy atom. The maximum atomic E-state index is 6.05. The molecule has 0 atom stereocenters. The van der Waals surface area contributed by atoms with E-state index < -0.39 is 5.66 Å². The summed E-state index contributed by atoms with van der Waals surface area (Å²) in [5, 5.41) is 2.23. The number of guanidine groups is 2.